The van der Waals surface area contributed by atoms with E-state index in [9.17, 15) is 13.2 Å². The van der Waals surface area contributed by atoms with Crippen molar-refractivity contribution in [3.05, 3.63) is 29.8 Å². The molecular weight excluding hydrogens is 326 g/mol. The van der Waals surface area contributed by atoms with Crippen LogP contribution >= 0.6 is 0 Å². The number of hydrogen-bond donors (Lipinski definition) is 0. The lowest BCUT2D eigenvalue weighted by molar-refractivity contribution is -0.137. The van der Waals surface area contributed by atoms with Crippen LogP contribution in [0.15, 0.2) is 24.3 Å². The maximum Gasteiger partial charge on any atom is 0.311 e. The first-order valence-electron chi connectivity index (χ1n) is 8.41. The molecule has 0 fully saturated rings. The average Bonchev–Trinajstić information content (AvgIpc) is 2.52. The largest absolute Gasteiger partial charge is 0.382 e. The zero-order valence-electron chi connectivity index (χ0n) is 15.4. The molecule has 0 radical (unpaired) electrons. The minimum absolute atomic E-state index is 0.0576. The number of benzene rings is 1. The van der Waals surface area contributed by atoms with Crippen LogP contribution in [-0.4, -0.2) is 30.5 Å². The first-order chi connectivity index (χ1) is 11.1. The van der Waals surface area contributed by atoms with Crippen LogP contribution in [-0.2, 0) is 21.5 Å². The first-order valence-corrected chi connectivity index (χ1v) is 9.88. The van der Waals surface area contributed by atoms with Crippen LogP contribution in [0.25, 0.3) is 0 Å². The second kappa shape index (κ2) is 8.51. The molecule has 0 aliphatic heterocycles. The molecule has 1 rings (SSSR count). The standard InChI is InChI=1S/C18H29NO4S/c1-7-15(6)19(18(20)13(2)3)12-16-8-10-17(11-9-16)23-24(21,22)14(4)5/h8-11,13-15H,7,12H2,1-6H3/t15-/m0/s1. The molecule has 0 aromatic heterocycles. The molecule has 0 aliphatic rings. The highest BCUT2D eigenvalue weighted by Gasteiger charge is 2.22. The summed E-state index contributed by atoms with van der Waals surface area (Å²) in [7, 11) is -3.59. The third kappa shape index (κ3) is 5.51. The Morgan fingerprint density at radius 3 is 2.04 bits per heavy atom. The van der Waals surface area contributed by atoms with Gasteiger partial charge in [-0.1, -0.05) is 32.9 Å². The van der Waals surface area contributed by atoms with Crippen molar-refractivity contribution in [1.82, 2.24) is 4.90 Å². The van der Waals surface area contributed by atoms with Gasteiger partial charge in [-0.3, -0.25) is 4.79 Å². The Morgan fingerprint density at radius 1 is 1.08 bits per heavy atom. The van der Waals surface area contributed by atoms with Crippen molar-refractivity contribution in [1.29, 1.82) is 0 Å². The molecule has 0 saturated heterocycles. The van der Waals surface area contributed by atoms with Gasteiger partial charge in [-0.2, -0.15) is 8.42 Å². The summed E-state index contributed by atoms with van der Waals surface area (Å²) in [4.78, 5) is 14.3. The minimum Gasteiger partial charge on any atom is -0.382 e. The Kier molecular flexibility index (Phi) is 7.27. The van der Waals surface area contributed by atoms with Gasteiger partial charge in [-0.05, 0) is 44.9 Å². The van der Waals surface area contributed by atoms with Gasteiger partial charge in [0.1, 0.15) is 5.75 Å². The molecule has 0 heterocycles. The number of carbonyl (C=O) groups is 1. The number of nitrogens with zero attached hydrogens (tertiary/aromatic N) is 1. The Hall–Kier alpha value is -1.56. The van der Waals surface area contributed by atoms with Crippen LogP contribution < -0.4 is 4.18 Å². The van der Waals surface area contributed by atoms with E-state index in [4.69, 9.17) is 4.18 Å². The van der Waals surface area contributed by atoms with E-state index in [-0.39, 0.29) is 23.6 Å². The van der Waals surface area contributed by atoms with Crippen molar-refractivity contribution < 1.29 is 17.4 Å². The normalized spacial score (nSPS) is 13.2. The summed E-state index contributed by atoms with van der Waals surface area (Å²) in [6.45, 7) is 11.5. The van der Waals surface area contributed by atoms with Crippen molar-refractivity contribution in [2.24, 2.45) is 5.92 Å². The molecule has 1 atom stereocenters. The molecule has 0 bridgehead atoms. The van der Waals surface area contributed by atoms with Gasteiger partial charge in [0, 0.05) is 18.5 Å². The zero-order chi connectivity index (χ0) is 18.5. The van der Waals surface area contributed by atoms with Crippen molar-refractivity contribution >= 4 is 16.0 Å². The zero-order valence-corrected chi connectivity index (χ0v) is 16.3. The number of carbonyl (C=O) groups excluding carboxylic acids is 1. The fourth-order valence-electron chi connectivity index (χ4n) is 2.08. The molecule has 0 saturated carbocycles. The molecule has 24 heavy (non-hydrogen) atoms. The smallest absolute Gasteiger partial charge is 0.311 e. The Balaban J connectivity index is 2.89. The van der Waals surface area contributed by atoms with E-state index in [2.05, 4.69) is 6.92 Å². The van der Waals surface area contributed by atoms with Gasteiger partial charge in [0.25, 0.3) is 0 Å². The van der Waals surface area contributed by atoms with E-state index >= 15 is 0 Å². The summed E-state index contributed by atoms with van der Waals surface area (Å²) in [6, 6.07) is 7.01. The molecule has 1 aromatic carbocycles. The van der Waals surface area contributed by atoms with Crippen molar-refractivity contribution in [2.45, 2.75) is 65.8 Å². The van der Waals surface area contributed by atoms with Crippen LogP contribution in [0.4, 0.5) is 0 Å². The van der Waals surface area contributed by atoms with Gasteiger partial charge < -0.3 is 9.08 Å². The SMILES string of the molecule is CC[C@H](C)N(Cc1ccc(OS(=O)(=O)C(C)C)cc1)C(=O)C(C)C. The summed E-state index contributed by atoms with van der Waals surface area (Å²) in [6.07, 6.45) is 0.881. The minimum atomic E-state index is -3.59. The van der Waals surface area contributed by atoms with Crippen molar-refractivity contribution in [3.63, 3.8) is 0 Å². The number of rotatable bonds is 8. The van der Waals surface area contributed by atoms with Gasteiger partial charge in [-0.15, -0.1) is 0 Å². The molecule has 0 N–H and O–H groups in total. The van der Waals surface area contributed by atoms with Crippen LogP contribution in [0.3, 0.4) is 0 Å². The molecule has 6 heteroatoms. The van der Waals surface area contributed by atoms with Gasteiger partial charge >= 0.3 is 10.1 Å². The molecule has 0 unspecified atom stereocenters. The van der Waals surface area contributed by atoms with Crippen molar-refractivity contribution in [2.75, 3.05) is 0 Å². The molecule has 136 valence electrons. The van der Waals surface area contributed by atoms with E-state index in [1.165, 1.54) is 0 Å². The van der Waals surface area contributed by atoms with E-state index in [0.717, 1.165) is 12.0 Å². The van der Waals surface area contributed by atoms with E-state index < -0.39 is 15.4 Å². The maximum atomic E-state index is 12.4. The molecular formula is C18H29NO4S. The summed E-state index contributed by atoms with van der Waals surface area (Å²) in [5.41, 5.74) is 0.943. The van der Waals surface area contributed by atoms with Gasteiger partial charge in [-0.25, -0.2) is 0 Å². The highest BCUT2D eigenvalue weighted by atomic mass is 32.2. The monoisotopic (exact) mass is 355 g/mol. The average molecular weight is 356 g/mol. The summed E-state index contributed by atoms with van der Waals surface area (Å²) >= 11 is 0. The highest BCUT2D eigenvalue weighted by Crippen LogP contribution is 2.19. The molecule has 1 aromatic rings. The number of hydrogen-bond acceptors (Lipinski definition) is 4. The van der Waals surface area contributed by atoms with Crippen LogP contribution in [0.5, 0.6) is 5.75 Å². The fourth-order valence-corrected chi connectivity index (χ4v) is 2.65. The lowest BCUT2D eigenvalue weighted by Crippen LogP contribution is -2.40. The predicted octanol–water partition coefficient (Wildman–Crippen LogP) is 3.59. The summed E-state index contributed by atoms with van der Waals surface area (Å²) in [5.74, 6) is 0.350. The first kappa shape index (κ1) is 20.5. The Bertz CT molecular complexity index is 635. The lowest BCUT2D eigenvalue weighted by atomic mass is 10.1. The van der Waals surface area contributed by atoms with Gasteiger partial charge in [0.15, 0.2) is 0 Å². The maximum absolute atomic E-state index is 12.4. The highest BCUT2D eigenvalue weighted by molar-refractivity contribution is 7.87. The van der Waals surface area contributed by atoms with Crippen LogP contribution in [0.2, 0.25) is 0 Å². The topological polar surface area (TPSA) is 63.7 Å². The Labute approximate surface area is 146 Å². The fraction of sp³-hybridized carbons (Fsp3) is 0.611. The van der Waals surface area contributed by atoms with Gasteiger partial charge in [0.05, 0.1) is 5.25 Å². The summed E-state index contributed by atoms with van der Waals surface area (Å²) < 4.78 is 28.6. The molecule has 1 amide bonds. The predicted molar refractivity (Wildman–Crippen MR) is 96.3 cm³/mol. The van der Waals surface area contributed by atoms with Gasteiger partial charge in [0.2, 0.25) is 5.91 Å². The van der Waals surface area contributed by atoms with Crippen molar-refractivity contribution in [3.8, 4) is 5.75 Å². The lowest BCUT2D eigenvalue weighted by Gasteiger charge is -2.30. The molecule has 0 spiro atoms. The van der Waals surface area contributed by atoms with Crippen LogP contribution in [0.1, 0.15) is 53.5 Å². The third-order valence-electron chi connectivity index (χ3n) is 3.97. The molecule has 5 nitrogen and oxygen atoms in total. The van der Waals surface area contributed by atoms with E-state index in [0.29, 0.717) is 6.54 Å². The Morgan fingerprint density at radius 2 is 1.62 bits per heavy atom. The van der Waals surface area contributed by atoms with Crippen LogP contribution in [0, 0.1) is 5.92 Å². The summed E-state index contributed by atoms with van der Waals surface area (Å²) in [5, 5.41) is -0.596. The quantitative estimate of drug-likeness (QED) is 0.669. The third-order valence-corrected chi connectivity index (χ3v) is 5.55. The van der Waals surface area contributed by atoms with E-state index in [1.54, 1.807) is 38.1 Å². The second-order valence-corrected chi connectivity index (χ2v) is 8.74. The number of amides is 1. The second-order valence-electron chi connectivity index (χ2n) is 6.65. The molecule has 0 aliphatic carbocycles. The van der Waals surface area contributed by atoms with E-state index in [1.807, 2.05) is 25.7 Å².